The monoisotopic (exact) mass is 402 g/mol. The summed E-state index contributed by atoms with van der Waals surface area (Å²) in [6.45, 7) is 7.09. The van der Waals surface area contributed by atoms with Crippen LogP contribution in [-0.2, 0) is 27.8 Å². The predicted octanol–water partition coefficient (Wildman–Crippen LogP) is 1.30. The summed E-state index contributed by atoms with van der Waals surface area (Å²) in [5, 5.41) is 2.65. The second-order valence-electron chi connectivity index (χ2n) is 7.21. The first kappa shape index (κ1) is 20.5. The van der Waals surface area contributed by atoms with Crippen molar-refractivity contribution in [1.82, 2.24) is 4.31 Å². The van der Waals surface area contributed by atoms with Crippen molar-refractivity contribution < 1.29 is 18.1 Å². The summed E-state index contributed by atoms with van der Waals surface area (Å²) in [7, 11) is -3.51. The maximum Gasteiger partial charge on any atom is 0.243 e. The molecule has 6 nitrogen and oxygen atoms in total. The van der Waals surface area contributed by atoms with E-state index in [-0.39, 0.29) is 10.8 Å². The molecule has 1 aliphatic heterocycles. The maximum absolute atomic E-state index is 12.9. The molecule has 2 aromatic carbocycles. The van der Waals surface area contributed by atoms with Crippen LogP contribution in [0.15, 0.2) is 53.4 Å². The fourth-order valence-corrected chi connectivity index (χ4v) is 4.91. The van der Waals surface area contributed by atoms with E-state index in [9.17, 15) is 13.2 Å². The highest BCUT2D eigenvalue weighted by Gasteiger charge is 2.30. The molecule has 0 unspecified atom stereocenters. The summed E-state index contributed by atoms with van der Waals surface area (Å²) in [6.07, 6.45) is 1.04. The van der Waals surface area contributed by atoms with Gasteiger partial charge in [-0.3, -0.25) is 4.79 Å². The smallest absolute Gasteiger partial charge is 0.243 e. The largest absolute Gasteiger partial charge is 0.329 e. The number of nitrogens with zero attached hydrogens (tertiary/aromatic N) is 1. The highest BCUT2D eigenvalue weighted by Crippen LogP contribution is 2.18. The number of quaternary nitrogens is 1. The van der Waals surface area contributed by atoms with E-state index in [0.29, 0.717) is 18.8 Å². The van der Waals surface area contributed by atoms with Gasteiger partial charge in [0.25, 0.3) is 0 Å². The Balaban J connectivity index is 1.59. The van der Waals surface area contributed by atoms with Gasteiger partial charge in [0, 0.05) is 18.2 Å². The van der Waals surface area contributed by atoms with Crippen LogP contribution in [0.3, 0.4) is 0 Å². The van der Waals surface area contributed by atoms with Crippen molar-refractivity contribution in [3.05, 3.63) is 59.7 Å². The lowest BCUT2D eigenvalue weighted by atomic mass is 10.1. The third kappa shape index (κ3) is 4.98. The standard InChI is InChI=1S/C21H27N3O3S/c1-3-18-4-6-19(7-5-18)16-23-12-14-24(15-13-23)28(26,27)21-10-8-20(9-11-21)22-17(2)25/h4-11H,3,12-16H2,1-2H3,(H,22,25)/p+1. The number of amides is 1. The molecule has 0 aliphatic carbocycles. The number of hydrogen-bond donors (Lipinski definition) is 2. The Hall–Kier alpha value is -2.22. The van der Waals surface area contributed by atoms with Crippen molar-refractivity contribution in [2.75, 3.05) is 31.5 Å². The van der Waals surface area contributed by atoms with Gasteiger partial charge in [-0.2, -0.15) is 4.31 Å². The zero-order valence-corrected chi connectivity index (χ0v) is 17.3. The Morgan fingerprint density at radius 1 is 1.00 bits per heavy atom. The average Bonchev–Trinajstić information content (AvgIpc) is 2.69. The van der Waals surface area contributed by atoms with Gasteiger partial charge >= 0.3 is 0 Å². The van der Waals surface area contributed by atoms with Gasteiger partial charge in [0.2, 0.25) is 15.9 Å². The molecule has 1 aliphatic rings. The Bertz CT molecular complexity index is 901. The number of anilines is 1. The van der Waals surface area contributed by atoms with Gasteiger partial charge < -0.3 is 10.2 Å². The van der Waals surface area contributed by atoms with Gasteiger partial charge in [0.05, 0.1) is 31.1 Å². The molecule has 0 saturated carbocycles. The first-order valence-corrected chi connectivity index (χ1v) is 11.1. The minimum Gasteiger partial charge on any atom is -0.329 e. The normalized spacial score (nSPS) is 16.1. The van der Waals surface area contributed by atoms with Crippen LogP contribution in [0, 0.1) is 0 Å². The van der Waals surface area contributed by atoms with E-state index in [1.807, 2.05) is 0 Å². The average molecular weight is 403 g/mol. The van der Waals surface area contributed by atoms with Crippen LogP contribution in [0.25, 0.3) is 0 Å². The summed E-state index contributed by atoms with van der Waals surface area (Å²) in [6, 6.07) is 15.0. The molecule has 0 radical (unpaired) electrons. The first-order chi connectivity index (χ1) is 13.4. The minimum atomic E-state index is -3.51. The summed E-state index contributed by atoms with van der Waals surface area (Å²) in [4.78, 5) is 12.8. The van der Waals surface area contributed by atoms with Crippen LogP contribution in [0.1, 0.15) is 25.0 Å². The molecule has 1 saturated heterocycles. The van der Waals surface area contributed by atoms with E-state index in [0.717, 1.165) is 26.1 Å². The van der Waals surface area contributed by atoms with Crippen LogP contribution in [0.4, 0.5) is 5.69 Å². The maximum atomic E-state index is 12.9. The first-order valence-electron chi connectivity index (χ1n) is 9.67. The molecular weight excluding hydrogens is 374 g/mol. The van der Waals surface area contributed by atoms with Crippen molar-refractivity contribution in [1.29, 1.82) is 0 Å². The SMILES string of the molecule is CCc1ccc(C[NH+]2CCN(S(=O)(=O)c3ccc(NC(C)=O)cc3)CC2)cc1. The van der Waals surface area contributed by atoms with Gasteiger partial charge in [-0.05, 0) is 36.2 Å². The molecule has 28 heavy (non-hydrogen) atoms. The molecule has 0 aromatic heterocycles. The fourth-order valence-electron chi connectivity index (χ4n) is 3.46. The molecule has 2 aromatic rings. The third-order valence-corrected chi connectivity index (χ3v) is 7.04. The number of rotatable bonds is 6. The van der Waals surface area contributed by atoms with E-state index in [1.165, 1.54) is 23.0 Å². The number of sulfonamides is 1. The van der Waals surface area contributed by atoms with Gasteiger partial charge in [-0.1, -0.05) is 31.2 Å². The van der Waals surface area contributed by atoms with Crippen molar-refractivity contribution in [3.63, 3.8) is 0 Å². The number of aryl methyl sites for hydroxylation is 1. The lowest BCUT2D eigenvalue weighted by Crippen LogP contribution is -3.13. The summed E-state index contributed by atoms with van der Waals surface area (Å²) in [5.74, 6) is -0.181. The molecule has 0 atom stereocenters. The van der Waals surface area contributed by atoms with E-state index >= 15 is 0 Å². The summed E-state index contributed by atoms with van der Waals surface area (Å²) >= 11 is 0. The van der Waals surface area contributed by atoms with E-state index in [4.69, 9.17) is 0 Å². The van der Waals surface area contributed by atoms with Crippen LogP contribution in [-0.4, -0.2) is 44.8 Å². The number of nitrogens with one attached hydrogen (secondary N) is 2. The van der Waals surface area contributed by atoms with Gasteiger partial charge in [0.15, 0.2) is 0 Å². The predicted molar refractivity (Wildman–Crippen MR) is 110 cm³/mol. The molecule has 1 fully saturated rings. The number of carbonyl (C=O) groups is 1. The number of hydrogen-bond acceptors (Lipinski definition) is 3. The second-order valence-corrected chi connectivity index (χ2v) is 9.14. The Morgan fingerprint density at radius 2 is 1.57 bits per heavy atom. The Morgan fingerprint density at radius 3 is 2.11 bits per heavy atom. The van der Waals surface area contributed by atoms with Crippen LogP contribution < -0.4 is 10.2 Å². The van der Waals surface area contributed by atoms with Gasteiger partial charge in [-0.15, -0.1) is 0 Å². The topological polar surface area (TPSA) is 70.9 Å². The van der Waals surface area contributed by atoms with E-state index in [1.54, 1.807) is 28.6 Å². The minimum absolute atomic E-state index is 0.181. The number of piperazine rings is 1. The fraction of sp³-hybridized carbons (Fsp3) is 0.381. The highest BCUT2D eigenvalue weighted by atomic mass is 32.2. The third-order valence-electron chi connectivity index (χ3n) is 5.13. The van der Waals surface area contributed by atoms with Crippen molar-refractivity contribution in [3.8, 4) is 0 Å². The molecular formula is C21H28N3O3S+. The zero-order valence-electron chi connectivity index (χ0n) is 16.4. The van der Waals surface area contributed by atoms with Crippen LogP contribution >= 0.6 is 0 Å². The lowest BCUT2D eigenvalue weighted by molar-refractivity contribution is -0.917. The molecule has 0 spiro atoms. The Kier molecular flexibility index (Phi) is 6.49. The molecule has 150 valence electrons. The molecule has 3 rings (SSSR count). The number of benzene rings is 2. The number of carbonyl (C=O) groups excluding carboxylic acids is 1. The molecule has 1 amide bonds. The molecule has 7 heteroatoms. The van der Waals surface area contributed by atoms with Crippen LogP contribution in [0.5, 0.6) is 0 Å². The lowest BCUT2D eigenvalue weighted by Gasteiger charge is -2.31. The Labute approximate surface area is 167 Å². The second kappa shape index (κ2) is 8.86. The zero-order chi connectivity index (χ0) is 20.1. The molecule has 0 bridgehead atoms. The van der Waals surface area contributed by atoms with Crippen molar-refractivity contribution >= 4 is 21.6 Å². The molecule has 1 heterocycles. The van der Waals surface area contributed by atoms with Crippen molar-refractivity contribution in [2.45, 2.75) is 31.7 Å². The quantitative estimate of drug-likeness (QED) is 0.765. The van der Waals surface area contributed by atoms with Crippen LogP contribution in [0.2, 0.25) is 0 Å². The summed E-state index contributed by atoms with van der Waals surface area (Å²) < 4.78 is 27.3. The summed E-state index contributed by atoms with van der Waals surface area (Å²) in [5.41, 5.74) is 3.21. The van der Waals surface area contributed by atoms with E-state index < -0.39 is 10.0 Å². The van der Waals surface area contributed by atoms with Gasteiger partial charge in [0.1, 0.15) is 6.54 Å². The van der Waals surface area contributed by atoms with Gasteiger partial charge in [-0.25, -0.2) is 8.42 Å². The van der Waals surface area contributed by atoms with E-state index in [2.05, 4.69) is 36.5 Å². The van der Waals surface area contributed by atoms with Crippen molar-refractivity contribution in [2.24, 2.45) is 0 Å². The molecule has 2 N–H and O–H groups in total. The highest BCUT2D eigenvalue weighted by molar-refractivity contribution is 7.89.